The molecule has 0 N–H and O–H groups in total. The molecule has 0 aromatic rings. The minimum Gasteiger partial charge on any atom is -0.431 e. The first kappa shape index (κ1) is 22.6. The van der Waals surface area contributed by atoms with Crippen molar-refractivity contribution in [1.29, 1.82) is 0 Å². The lowest BCUT2D eigenvalue weighted by molar-refractivity contribution is -0.151. The third-order valence-electron chi connectivity index (χ3n) is 6.99. The average molecular weight is 413 g/mol. The Balaban J connectivity index is 1.41. The van der Waals surface area contributed by atoms with Crippen LogP contribution in [0.25, 0.3) is 0 Å². The van der Waals surface area contributed by atoms with Gasteiger partial charge in [-0.2, -0.15) is 0 Å². The molecule has 1 fully saturated rings. The zero-order valence-electron chi connectivity index (χ0n) is 18.6. The van der Waals surface area contributed by atoms with Gasteiger partial charge in [0.05, 0.1) is 11.8 Å². The van der Waals surface area contributed by atoms with E-state index in [1.54, 1.807) is 0 Å². The van der Waals surface area contributed by atoms with Crippen molar-refractivity contribution >= 4 is 11.9 Å². The van der Waals surface area contributed by atoms with Crippen LogP contribution < -0.4 is 0 Å². The molecule has 0 aromatic heterocycles. The van der Waals surface area contributed by atoms with Gasteiger partial charge >= 0.3 is 11.9 Å². The summed E-state index contributed by atoms with van der Waals surface area (Å²) in [6.45, 7) is 12.2. The van der Waals surface area contributed by atoms with Gasteiger partial charge in [0.1, 0.15) is 11.5 Å². The second-order valence-electron chi connectivity index (χ2n) is 9.37. The van der Waals surface area contributed by atoms with E-state index in [-0.39, 0.29) is 23.8 Å². The summed E-state index contributed by atoms with van der Waals surface area (Å²) in [5.74, 6) is 2.11. The lowest BCUT2D eigenvalue weighted by Gasteiger charge is -2.28. The Bertz CT molecular complexity index is 685. The Kier molecular flexibility index (Phi) is 7.74. The molecule has 4 heteroatoms. The molecule has 0 spiro atoms. The van der Waals surface area contributed by atoms with Crippen molar-refractivity contribution in [3.05, 3.63) is 48.0 Å². The van der Waals surface area contributed by atoms with Gasteiger partial charge < -0.3 is 9.47 Å². The van der Waals surface area contributed by atoms with Gasteiger partial charge in [-0.25, -0.2) is 0 Å². The molecule has 0 heterocycles. The summed E-state index contributed by atoms with van der Waals surface area (Å²) in [5, 5.41) is 0. The van der Waals surface area contributed by atoms with Crippen LogP contribution in [0.1, 0.15) is 78.1 Å². The zero-order chi connectivity index (χ0) is 21.7. The molecule has 3 aliphatic rings. The van der Waals surface area contributed by atoms with Crippen LogP contribution in [0.2, 0.25) is 0 Å². The minimum atomic E-state index is -0.136. The van der Waals surface area contributed by atoms with Gasteiger partial charge in [0.25, 0.3) is 0 Å². The molecule has 0 saturated heterocycles. The number of esters is 2. The van der Waals surface area contributed by atoms with Gasteiger partial charge in [-0.15, -0.1) is 0 Å². The molecule has 0 bridgehead atoms. The van der Waals surface area contributed by atoms with Gasteiger partial charge in [0, 0.05) is 12.8 Å². The van der Waals surface area contributed by atoms with Crippen molar-refractivity contribution in [2.24, 2.45) is 23.7 Å². The van der Waals surface area contributed by atoms with E-state index in [9.17, 15) is 9.59 Å². The molecule has 0 aliphatic heterocycles. The molecule has 1 saturated carbocycles. The third-order valence-corrected chi connectivity index (χ3v) is 6.99. The highest BCUT2D eigenvalue weighted by molar-refractivity contribution is 5.76. The molecule has 164 valence electrons. The molecule has 0 amide bonds. The molecular formula is C26H36O4. The van der Waals surface area contributed by atoms with Gasteiger partial charge in [0.2, 0.25) is 0 Å². The predicted octanol–water partition coefficient (Wildman–Crippen LogP) is 6.40. The quantitative estimate of drug-likeness (QED) is 0.374. The van der Waals surface area contributed by atoms with Crippen LogP contribution in [0.5, 0.6) is 0 Å². The van der Waals surface area contributed by atoms with E-state index in [0.29, 0.717) is 37.5 Å². The van der Waals surface area contributed by atoms with E-state index in [0.717, 1.165) is 50.0 Å². The van der Waals surface area contributed by atoms with Gasteiger partial charge in [0.15, 0.2) is 0 Å². The summed E-state index contributed by atoms with van der Waals surface area (Å²) >= 11 is 0. The fraction of sp³-hybridized carbons (Fsp3) is 0.615. The molecule has 4 nitrogen and oxygen atoms in total. The monoisotopic (exact) mass is 412 g/mol. The summed E-state index contributed by atoms with van der Waals surface area (Å²) in [4.78, 5) is 25.1. The first-order valence-electron chi connectivity index (χ1n) is 11.5. The number of ether oxygens (including phenoxy) is 2. The molecule has 3 rings (SSSR count). The summed E-state index contributed by atoms with van der Waals surface area (Å²) in [5.41, 5.74) is 2.39. The van der Waals surface area contributed by atoms with Crippen molar-refractivity contribution in [1.82, 2.24) is 0 Å². The van der Waals surface area contributed by atoms with Gasteiger partial charge in [-0.1, -0.05) is 24.3 Å². The highest BCUT2D eigenvalue weighted by Crippen LogP contribution is 2.35. The third kappa shape index (κ3) is 5.96. The van der Waals surface area contributed by atoms with Crippen molar-refractivity contribution in [2.75, 3.05) is 0 Å². The summed E-state index contributed by atoms with van der Waals surface area (Å²) in [6.07, 6.45) is 12.2. The van der Waals surface area contributed by atoms with Crippen LogP contribution in [0.15, 0.2) is 48.0 Å². The zero-order valence-corrected chi connectivity index (χ0v) is 18.6. The highest BCUT2D eigenvalue weighted by Gasteiger charge is 2.33. The summed E-state index contributed by atoms with van der Waals surface area (Å²) in [6, 6.07) is 0. The Labute approximate surface area is 181 Å². The normalized spacial score (nSPS) is 29.3. The van der Waals surface area contributed by atoms with Crippen LogP contribution in [-0.2, 0) is 19.1 Å². The Morgan fingerprint density at radius 2 is 1.07 bits per heavy atom. The standard InChI is InChI=1S/C26H36O4/c1-17(2)19-9-13-23(14-10-19)29-25(27)21-5-7-22(8-6-21)26(28)30-24-15-11-20(12-16-24)18(3)4/h13,15,19-22H,1,3,5-12,14,16H2,2,4H3/t19-,20-,21?,22?/m1/s1. The van der Waals surface area contributed by atoms with E-state index >= 15 is 0 Å². The number of allylic oxidation sites excluding steroid dienone is 6. The van der Waals surface area contributed by atoms with Crippen LogP contribution in [0.4, 0.5) is 0 Å². The predicted molar refractivity (Wildman–Crippen MR) is 118 cm³/mol. The van der Waals surface area contributed by atoms with E-state index in [4.69, 9.17) is 9.47 Å². The second-order valence-corrected chi connectivity index (χ2v) is 9.37. The topological polar surface area (TPSA) is 52.6 Å². The van der Waals surface area contributed by atoms with Crippen LogP contribution in [-0.4, -0.2) is 11.9 Å². The summed E-state index contributed by atoms with van der Waals surface area (Å²) < 4.78 is 11.3. The number of hydrogen-bond donors (Lipinski definition) is 0. The van der Waals surface area contributed by atoms with Crippen LogP contribution >= 0.6 is 0 Å². The molecule has 0 aromatic carbocycles. The maximum absolute atomic E-state index is 12.5. The Morgan fingerprint density at radius 1 is 0.700 bits per heavy atom. The molecule has 3 aliphatic carbocycles. The molecule has 0 radical (unpaired) electrons. The van der Waals surface area contributed by atoms with Crippen molar-refractivity contribution < 1.29 is 19.1 Å². The van der Waals surface area contributed by atoms with E-state index in [2.05, 4.69) is 27.0 Å². The number of carbonyl (C=O) groups excluding carboxylic acids is 2. The molecule has 0 unspecified atom stereocenters. The molecule has 30 heavy (non-hydrogen) atoms. The Morgan fingerprint density at radius 3 is 1.33 bits per heavy atom. The second kappa shape index (κ2) is 10.3. The molecular weight excluding hydrogens is 376 g/mol. The maximum Gasteiger partial charge on any atom is 0.313 e. The minimum absolute atomic E-state index is 0.112. The highest BCUT2D eigenvalue weighted by atomic mass is 16.5. The largest absolute Gasteiger partial charge is 0.431 e. The Hall–Kier alpha value is -2.10. The summed E-state index contributed by atoms with van der Waals surface area (Å²) in [7, 11) is 0. The van der Waals surface area contributed by atoms with E-state index < -0.39 is 0 Å². The van der Waals surface area contributed by atoms with Crippen molar-refractivity contribution in [3.8, 4) is 0 Å². The van der Waals surface area contributed by atoms with Crippen LogP contribution in [0.3, 0.4) is 0 Å². The first-order valence-corrected chi connectivity index (χ1v) is 11.5. The molecule has 2 atom stereocenters. The van der Waals surface area contributed by atoms with E-state index in [1.807, 2.05) is 12.2 Å². The number of hydrogen-bond acceptors (Lipinski definition) is 4. The fourth-order valence-electron chi connectivity index (χ4n) is 4.69. The maximum atomic E-state index is 12.5. The van der Waals surface area contributed by atoms with Gasteiger partial charge in [-0.3, -0.25) is 9.59 Å². The lowest BCUT2D eigenvalue weighted by atomic mass is 9.82. The van der Waals surface area contributed by atoms with Gasteiger partial charge in [-0.05, 0) is 89.2 Å². The first-order chi connectivity index (χ1) is 14.3. The average Bonchev–Trinajstić information content (AvgIpc) is 2.74. The van der Waals surface area contributed by atoms with Crippen molar-refractivity contribution in [3.63, 3.8) is 0 Å². The van der Waals surface area contributed by atoms with E-state index in [1.165, 1.54) is 11.1 Å². The van der Waals surface area contributed by atoms with Crippen molar-refractivity contribution in [2.45, 2.75) is 78.1 Å². The smallest absolute Gasteiger partial charge is 0.313 e. The number of carbonyl (C=O) groups is 2. The number of rotatable bonds is 6. The van der Waals surface area contributed by atoms with Crippen LogP contribution in [0, 0.1) is 23.7 Å². The lowest BCUT2D eigenvalue weighted by Crippen LogP contribution is -2.28. The fourth-order valence-corrected chi connectivity index (χ4v) is 4.69. The SMILES string of the molecule is C=C(C)[C@@H]1CC=C(OC(=O)C2CCC(C(=O)OC3=CC[C@@H](C(=C)C)CC3)CC2)CC1.